The van der Waals surface area contributed by atoms with Crippen LogP contribution in [0.25, 0.3) is 0 Å². The number of alkyl halides is 3. The fourth-order valence-electron chi connectivity index (χ4n) is 2.10. The maximum atomic E-state index is 12.5. The van der Waals surface area contributed by atoms with Crippen molar-refractivity contribution in [3.8, 4) is 0 Å². The molecular weight excluding hydrogens is 269 g/mol. The second kappa shape index (κ2) is 6.21. The van der Waals surface area contributed by atoms with Gasteiger partial charge in [0.1, 0.15) is 6.54 Å². The summed E-state index contributed by atoms with van der Waals surface area (Å²) in [6, 6.07) is -0.538. The van der Waals surface area contributed by atoms with Gasteiger partial charge < -0.3 is 5.32 Å². The van der Waals surface area contributed by atoms with E-state index in [1.807, 2.05) is 0 Å². The van der Waals surface area contributed by atoms with Crippen LogP contribution in [0.15, 0.2) is 0 Å². The lowest BCUT2D eigenvalue weighted by Gasteiger charge is -2.34. The van der Waals surface area contributed by atoms with Crippen molar-refractivity contribution in [3.05, 3.63) is 0 Å². The van der Waals surface area contributed by atoms with E-state index in [9.17, 15) is 21.6 Å². The van der Waals surface area contributed by atoms with Crippen molar-refractivity contribution in [1.29, 1.82) is 0 Å². The Morgan fingerprint density at radius 3 is 2.28 bits per heavy atom. The van der Waals surface area contributed by atoms with Crippen LogP contribution in [0, 0.1) is 0 Å². The molecular formula is C10H19F3N2O2S. The molecule has 18 heavy (non-hydrogen) atoms. The number of piperidine rings is 1. The van der Waals surface area contributed by atoms with Gasteiger partial charge in [0.25, 0.3) is 0 Å². The van der Waals surface area contributed by atoms with Crippen molar-refractivity contribution in [3.63, 3.8) is 0 Å². The average Bonchev–Trinajstić information content (AvgIpc) is 2.26. The van der Waals surface area contributed by atoms with Gasteiger partial charge >= 0.3 is 6.18 Å². The minimum absolute atomic E-state index is 0.229. The minimum atomic E-state index is -4.49. The first-order valence-electron chi connectivity index (χ1n) is 6.03. The molecule has 108 valence electrons. The van der Waals surface area contributed by atoms with E-state index in [0.717, 1.165) is 0 Å². The standard InChI is InChI=1S/C10H19F3N2O2S/c1-2-7-18(16,17)15(8-10(11,12)13)9-3-5-14-6-4-9/h9,14H,2-8H2,1H3. The molecule has 0 aliphatic carbocycles. The average molecular weight is 288 g/mol. The molecule has 1 fully saturated rings. The second-order valence-corrected chi connectivity index (χ2v) is 6.50. The largest absolute Gasteiger partial charge is 0.402 e. The number of halogens is 3. The van der Waals surface area contributed by atoms with E-state index in [2.05, 4.69) is 5.32 Å². The third-order valence-electron chi connectivity index (χ3n) is 2.87. The van der Waals surface area contributed by atoms with E-state index in [1.165, 1.54) is 0 Å². The van der Waals surface area contributed by atoms with E-state index in [1.54, 1.807) is 6.92 Å². The number of rotatable bonds is 5. The van der Waals surface area contributed by atoms with Gasteiger partial charge in [0, 0.05) is 6.04 Å². The first kappa shape index (κ1) is 15.7. The van der Waals surface area contributed by atoms with E-state index in [0.29, 0.717) is 36.7 Å². The molecule has 8 heteroatoms. The molecule has 0 amide bonds. The third kappa shape index (κ3) is 4.74. The Hall–Kier alpha value is -0.340. The molecule has 0 aromatic carbocycles. The highest BCUT2D eigenvalue weighted by molar-refractivity contribution is 7.89. The zero-order valence-corrected chi connectivity index (χ0v) is 11.1. The van der Waals surface area contributed by atoms with Crippen LogP contribution >= 0.6 is 0 Å². The van der Waals surface area contributed by atoms with Crippen molar-refractivity contribution >= 4 is 10.0 Å². The highest BCUT2D eigenvalue weighted by atomic mass is 32.2. The van der Waals surface area contributed by atoms with Crippen molar-refractivity contribution in [1.82, 2.24) is 9.62 Å². The number of nitrogens with one attached hydrogen (secondary N) is 1. The molecule has 0 aromatic heterocycles. The van der Waals surface area contributed by atoms with Gasteiger partial charge in [-0.3, -0.25) is 0 Å². The lowest BCUT2D eigenvalue weighted by Crippen LogP contribution is -2.50. The summed E-state index contributed by atoms with van der Waals surface area (Å²) in [5, 5.41) is 3.01. The van der Waals surface area contributed by atoms with Gasteiger partial charge in [0.05, 0.1) is 5.75 Å². The van der Waals surface area contributed by atoms with Crippen LogP contribution in [0.1, 0.15) is 26.2 Å². The predicted molar refractivity (Wildman–Crippen MR) is 62.7 cm³/mol. The fraction of sp³-hybridized carbons (Fsp3) is 1.00. The highest BCUT2D eigenvalue weighted by Crippen LogP contribution is 2.24. The normalized spacial score (nSPS) is 19.4. The Morgan fingerprint density at radius 1 is 1.28 bits per heavy atom. The summed E-state index contributed by atoms with van der Waals surface area (Å²) < 4.78 is 62.0. The first-order chi connectivity index (χ1) is 8.26. The lowest BCUT2D eigenvalue weighted by atomic mass is 10.1. The Balaban J connectivity index is 2.86. The number of hydrogen-bond acceptors (Lipinski definition) is 3. The van der Waals surface area contributed by atoms with Crippen LogP contribution < -0.4 is 5.32 Å². The quantitative estimate of drug-likeness (QED) is 0.830. The molecule has 0 radical (unpaired) electrons. The van der Waals surface area contributed by atoms with E-state index in [-0.39, 0.29) is 5.75 Å². The molecule has 1 N–H and O–H groups in total. The first-order valence-corrected chi connectivity index (χ1v) is 7.64. The van der Waals surface area contributed by atoms with Gasteiger partial charge in [-0.25, -0.2) is 8.42 Å². The van der Waals surface area contributed by atoms with Crippen LogP contribution in [-0.2, 0) is 10.0 Å². The molecule has 0 saturated carbocycles. The van der Waals surface area contributed by atoms with E-state index in [4.69, 9.17) is 0 Å². The summed E-state index contributed by atoms with van der Waals surface area (Å²) in [5.74, 6) is -0.229. The summed E-state index contributed by atoms with van der Waals surface area (Å²) in [6.07, 6.45) is -3.31. The molecule has 1 heterocycles. The highest BCUT2D eigenvalue weighted by Gasteiger charge is 2.39. The number of hydrogen-bond donors (Lipinski definition) is 1. The predicted octanol–water partition coefficient (Wildman–Crippen LogP) is 1.34. The molecule has 4 nitrogen and oxygen atoms in total. The van der Waals surface area contributed by atoms with Crippen molar-refractivity contribution in [2.24, 2.45) is 0 Å². The number of sulfonamides is 1. The van der Waals surface area contributed by atoms with Crippen molar-refractivity contribution < 1.29 is 21.6 Å². The molecule has 1 aliphatic rings. The summed E-state index contributed by atoms with van der Waals surface area (Å²) in [5.41, 5.74) is 0. The van der Waals surface area contributed by atoms with Crippen LogP contribution in [0.5, 0.6) is 0 Å². The van der Waals surface area contributed by atoms with Gasteiger partial charge in [0.2, 0.25) is 10.0 Å². The van der Waals surface area contributed by atoms with Gasteiger partial charge in [-0.2, -0.15) is 17.5 Å². The van der Waals surface area contributed by atoms with Crippen molar-refractivity contribution in [2.75, 3.05) is 25.4 Å². The topological polar surface area (TPSA) is 49.4 Å². The Kier molecular flexibility index (Phi) is 5.42. The third-order valence-corrected chi connectivity index (χ3v) is 4.94. The molecule has 0 bridgehead atoms. The van der Waals surface area contributed by atoms with Crippen LogP contribution in [0.2, 0.25) is 0 Å². The van der Waals surface area contributed by atoms with E-state index < -0.39 is 28.8 Å². The maximum Gasteiger partial charge on any atom is 0.402 e. The monoisotopic (exact) mass is 288 g/mol. The minimum Gasteiger partial charge on any atom is -0.317 e. The zero-order valence-electron chi connectivity index (χ0n) is 10.3. The smallest absolute Gasteiger partial charge is 0.317 e. The Bertz CT molecular complexity index is 351. The van der Waals surface area contributed by atoms with Crippen LogP contribution in [-0.4, -0.2) is 50.3 Å². The maximum absolute atomic E-state index is 12.5. The lowest BCUT2D eigenvalue weighted by molar-refractivity contribution is -0.140. The van der Waals surface area contributed by atoms with Gasteiger partial charge in [-0.1, -0.05) is 6.92 Å². The zero-order chi connectivity index (χ0) is 13.8. The number of nitrogens with zero attached hydrogens (tertiary/aromatic N) is 1. The van der Waals surface area contributed by atoms with E-state index >= 15 is 0 Å². The van der Waals surface area contributed by atoms with Gasteiger partial charge in [-0.05, 0) is 32.4 Å². The summed E-state index contributed by atoms with van der Waals surface area (Å²) in [4.78, 5) is 0. The van der Waals surface area contributed by atoms with Crippen molar-refractivity contribution in [2.45, 2.75) is 38.4 Å². The summed E-state index contributed by atoms with van der Waals surface area (Å²) in [7, 11) is -3.82. The second-order valence-electron chi connectivity index (χ2n) is 4.46. The molecule has 0 unspecified atom stereocenters. The molecule has 0 spiro atoms. The van der Waals surface area contributed by atoms with Crippen LogP contribution in [0.3, 0.4) is 0 Å². The summed E-state index contributed by atoms with van der Waals surface area (Å²) >= 11 is 0. The Morgan fingerprint density at radius 2 is 1.83 bits per heavy atom. The molecule has 1 saturated heterocycles. The fourth-order valence-corrected chi connectivity index (χ4v) is 3.86. The SMILES string of the molecule is CCCS(=O)(=O)N(CC(F)(F)F)C1CCNCC1. The van der Waals surface area contributed by atoms with Gasteiger partial charge in [-0.15, -0.1) is 0 Å². The molecule has 0 atom stereocenters. The molecule has 1 rings (SSSR count). The summed E-state index contributed by atoms with van der Waals surface area (Å²) in [6.45, 7) is 1.38. The van der Waals surface area contributed by atoms with Crippen LogP contribution in [0.4, 0.5) is 13.2 Å². The van der Waals surface area contributed by atoms with Gasteiger partial charge in [0.15, 0.2) is 0 Å². The Labute approximate surface area is 106 Å². The molecule has 0 aromatic rings. The molecule has 1 aliphatic heterocycles.